The highest BCUT2D eigenvalue weighted by molar-refractivity contribution is 7.80. The van der Waals surface area contributed by atoms with Gasteiger partial charge in [-0.3, -0.25) is 0 Å². The van der Waals surface area contributed by atoms with Crippen LogP contribution in [0.3, 0.4) is 0 Å². The Balaban J connectivity index is 2.01. The minimum Gasteiger partial charge on any atom is -0.356 e. The Labute approximate surface area is 136 Å². The van der Waals surface area contributed by atoms with Crippen LogP contribution >= 0.6 is 23.8 Å². The van der Waals surface area contributed by atoms with Gasteiger partial charge in [-0.15, -0.1) is 0 Å². The molecule has 0 aliphatic carbocycles. The third kappa shape index (κ3) is 4.45. The maximum absolute atomic E-state index is 6.12. The van der Waals surface area contributed by atoms with E-state index in [4.69, 9.17) is 23.8 Å². The van der Waals surface area contributed by atoms with E-state index in [1.54, 1.807) is 0 Å². The van der Waals surface area contributed by atoms with Gasteiger partial charge in [0, 0.05) is 10.7 Å². The number of nitrogens with one attached hydrogen (secondary N) is 2. The Bertz CT molecular complexity index is 613. The molecule has 0 aliphatic rings. The fourth-order valence-corrected chi connectivity index (χ4v) is 2.54. The van der Waals surface area contributed by atoms with Crippen molar-refractivity contribution in [2.75, 3.05) is 5.32 Å². The van der Waals surface area contributed by atoms with Gasteiger partial charge in [-0.25, -0.2) is 0 Å². The van der Waals surface area contributed by atoms with E-state index in [1.807, 2.05) is 43.3 Å². The number of anilines is 1. The van der Waals surface area contributed by atoms with Crippen LogP contribution in [-0.4, -0.2) is 5.11 Å². The predicted octanol–water partition coefficient (Wildman–Crippen LogP) is 5.09. The topological polar surface area (TPSA) is 24.1 Å². The molecule has 110 valence electrons. The second-order valence-electron chi connectivity index (χ2n) is 4.93. The lowest BCUT2D eigenvalue weighted by Gasteiger charge is -2.20. The summed E-state index contributed by atoms with van der Waals surface area (Å²) in [7, 11) is 0. The van der Waals surface area contributed by atoms with Crippen molar-refractivity contribution in [3.8, 4) is 0 Å². The third-order valence-electron chi connectivity index (χ3n) is 3.35. The smallest absolute Gasteiger partial charge is 0.171 e. The standard InChI is InChI=1S/C17H19ClN2S/c1-3-16(13-7-5-4-6-8-13)20-17(21)19-14-10-9-12(2)15(18)11-14/h4-11,16H,3H2,1-2H3,(H2,19,20,21). The number of thiocarbonyl (C=S) groups is 1. The summed E-state index contributed by atoms with van der Waals surface area (Å²) in [5.74, 6) is 0. The summed E-state index contributed by atoms with van der Waals surface area (Å²) in [6, 6.07) is 16.3. The first-order valence-corrected chi connectivity index (χ1v) is 7.77. The molecule has 0 aromatic heterocycles. The van der Waals surface area contributed by atoms with Gasteiger partial charge in [0.2, 0.25) is 0 Å². The van der Waals surface area contributed by atoms with Crippen LogP contribution in [0, 0.1) is 6.92 Å². The molecule has 2 aromatic carbocycles. The highest BCUT2D eigenvalue weighted by Gasteiger charge is 2.10. The monoisotopic (exact) mass is 318 g/mol. The van der Waals surface area contributed by atoms with E-state index < -0.39 is 0 Å². The molecule has 2 aromatic rings. The highest BCUT2D eigenvalue weighted by Crippen LogP contribution is 2.20. The average Bonchev–Trinajstić information content (AvgIpc) is 2.49. The van der Waals surface area contributed by atoms with Crippen LogP contribution in [0.5, 0.6) is 0 Å². The van der Waals surface area contributed by atoms with E-state index in [0.29, 0.717) is 5.11 Å². The van der Waals surface area contributed by atoms with Crippen LogP contribution in [0.4, 0.5) is 5.69 Å². The molecule has 1 unspecified atom stereocenters. The molecule has 0 spiro atoms. The zero-order valence-corrected chi connectivity index (χ0v) is 13.8. The molecule has 0 saturated carbocycles. The zero-order valence-electron chi connectivity index (χ0n) is 12.2. The minimum absolute atomic E-state index is 0.201. The lowest BCUT2D eigenvalue weighted by Crippen LogP contribution is -2.32. The molecule has 0 heterocycles. The fraction of sp³-hybridized carbons (Fsp3) is 0.235. The molecule has 0 amide bonds. The van der Waals surface area contributed by atoms with Gasteiger partial charge in [0.15, 0.2) is 5.11 Å². The van der Waals surface area contributed by atoms with Crippen molar-refractivity contribution < 1.29 is 0 Å². The zero-order chi connectivity index (χ0) is 15.2. The Morgan fingerprint density at radius 3 is 2.52 bits per heavy atom. The van der Waals surface area contributed by atoms with Crippen molar-refractivity contribution in [2.24, 2.45) is 0 Å². The van der Waals surface area contributed by atoms with E-state index in [0.717, 1.165) is 22.7 Å². The molecular formula is C17H19ClN2S. The Morgan fingerprint density at radius 1 is 1.19 bits per heavy atom. The molecule has 2 N–H and O–H groups in total. The minimum atomic E-state index is 0.201. The van der Waals surface area contributed by atoms with Crippen molar-refractivity contribution in [1.29, 1.82) is 0 Å². The second-order valence-corrected chi connectivity index (χ2v) is 5.75. The quantitative estimate of drug-likeness (QED) is 0.768. The lowest BCUT2D eigenvalue weighted by molar-refractivity contribution is 0.629. The van der Waals surface area contributed by atoms with Crippen LogP contribution in [-0.2, 0) is 0 Å². The van der Waals surface area contributed by atoms with Crippen molar-refractivity contribution in [2.45, 2.75) is 26.3 Å². The molecule has 0 radical (unpaired) electrons. The maximum Gasteiger partial charge on any atom is 0.171 e. The summed E-state index contributed by atoms with van der Waals surface area (Å²) >= 11 is 11.5. The van der Waals surface area contributed by atoms with E-state index in [9.17, 15) is 0 Å². The molecule has 0 fully saturated rings. The van der Waals surface area contributed by atoms with Crippen molar-refractivity contribution >= 4 is 34.6 Å². The number of halogens is 1. The van der Waals surface area contributed by atoms with Gasteiger partial charge in [-0.2, -0.15) is 0 Å². The molecule has 2 nitrogen and oxygen atoms in total. The van der Waals surface area contributed by atoms with Gasteiger partial charge >= 0.3 is 0 Å². The second kappa shape index (κ2) is 7.43. The summed E-state index contributed by atoms with van der Waals surface area (Å²) in [5, 5.41) is 7.86. The number of rotatable bonds is 4. The molecule has 2 rings (SSSR count). The van der Waals surface area contributed by atoms with Gasteiger partial charge in [-0.1, -0.05) is 54.9 Å². The average molecular weight is 319 g/mol. The fourth-order valence-electron chi connectivity index (χ4n) is 2.10. The molecule has 21 heavy (non-hydrogen) atoms. The molecule has 0 bridgehead atoms. The van der Waals surface area contributed by atoms with Gasteiger partial charge in [0.1, 0.15) is 0 Å². The van der Waals surface area contributed by atoms with Crippen LogP contribution in [0.15, 0.2) is 48.5 Å². The highest BCUT2D eigenvalue weighted by atomic mass is 35.5. The van der Waals surface area contributed by atoms with Crippen molar-refractivity contribution in [3.05, 3.63) is 64.7 Å². The lowest BCUT2D eigenvalue weighted by atomic mass is 10.1. The molecule has 4 heteroatoms. The van der Waals surface area contributed by atoms with Gasteiger partial charge in [0.05, 0.1) is 6.04 Å². The Kier molecular flexibility index (Phi) is 5.59. The summed E-state index contributed by atoms with van der Waals surface area (Å²) in [6.07, 6.45) is 0.959. The molecular weight excluding hydrogens is 300 g/mol. The van der Waals surface area contributed by atoms with E-state index in [2.05, 4.69) is 29.7 Å². The Morgan fingerprint density at radius 2 is 1.90 bits per heavy atom. The van der Waals surface area contributed by atoms with Crippen molar-refractivity contribution in [3.63, 3.8) is 0 Å². The number of hydrogen-bond acceptors (Lipinski definition) is 1. The number of hydrogen-bond donors (Lipinski definition) is 2. The van der Waals surface area contributed by atoms with E-state index >= 15 is 0 Å². The molecule has 0 saturated heterocycles. The van der Waals surface area contributed by atoms with Crippen LogP contribution in [0.2, 0.25) is 5.02 Å². The van der Waals surface area contributed by atoms with Gasteiger partial charge in [0.25, 0.3) is 0 Å². The van der Waals surface area contributed by atoms with Crippen LogP contribution < -0.4 is 10.6 Å². The SMILES string of the molecule is CCC(NC(=S)Nc1ccc(C)c(Cl)c1)c1ccccc1. The first kappa shape index (κ1) is 15.8. The summed E-state index contributed by atoms with van der Waals surface area (Å²) < 4.78 is 0. The van der Waals surface area contributed by atoms with Crippen LogP contribution in [0.1, 0.15) is 30.5 Å². The number of aryl methyl sites for hydroxylation is 1. The summed E-state index contributed by atoms with van der Waals surface area (Å²) in [5.41, 5.74) is 3.17. The van der Waals surface area contributed by atoms with Crippen molar-refractivity contribution in [1.82, 2.24) is 5.32 Å². The van der Waals surface area contributed by atoms with Gasteiger partial charge in [-0.05, 0) is 48.8 Å². The predicted molar refractivity (Wildman–Crippen MR) is 95.0 cm³/mol. The third-order valence-corrected chi connectivity index (χ3v) is 3.97. The Hall–Kier alpha value is -1.58. The number of benzene rings is 2. The van der Waals surface area contributed by atoms with E-state index in [1.165, 1.54) is 5.56 Å². The van der Waals surface area contributed by atoms with Gasteiger partial charge < -0.3 is 10.6 Å². The molecule has 0 aliphatic heterocycles. The maximum atomic E-state index is 6.12. The normalized spacial score (nSPS) is 11.8. The van der Waals surface area contributed by atoms with Crippen LogP contribution in [0.25, 0.3) is 0 Å². The first-order chi connectivity index (χ1) is 10.1. The van der Waals surface area contributed by atoms with E-state index in [-0.39, 0.29) is 6.04 Å². The first-order valence-electron chi connectivity index (χ1n) is 6.98. The summed E-state index contributed by atoms with van der Waals surface area (Å²) in [6.45, 7) is 4.11. The molecule has 1 atom stereocenters. The largest absolute Gasteiger partial charge is 0.356 e. The summed E-state index contributed by atoms with van der Waals surface area (Å²) in [4.78, 5) is 0.